The number of H-pyrrole nitrogens is 1. The van der Waals surface area contributed by atoms with Crippen molar-refractivity contribution in [3.8, 4) is 0 Å². The van der Waals surface area contributed by atoms with Crippen molar-refractivity contribution in [1.82, 2.24) is 9.78 Å². The van der Waals surface area contributed by atoms with E-state index in [1.807, 2.05) is 6.07 Å². The summed E-state index contributed by atoms with van der Waals surface area (Å²) in [6.07, 6.45) is 0.674. The molecule has 0 aliphatic heterocycles. The first kappa shape index (κ1) is 12.6. The first-order chi connectivity index (χ1) is 8.06. The van der Waals surface area contributed by atoms with Gasteiger partial charge in [-0.15, -0.1) is 0 Å². The normalized spacial score (nSPS) is 10.8. The largest absolute Gasteiger partial charge is 0.285 e. The van der Waals surface area contributed by atoms with Crippen LogP contribution in [0.4, 0.5) is 0 Å². The summed E-state index contributed by atoms with van der Waals surface area (Å²) in [7, 11) is 0. The van der Waals surface area contributed by atoms with Crippen molar-refractivity contribution in [3.63, 3.8) is 0 Å². The monoisotopic (exact) mass is 290 g/mol. The highest BCUT2D eigenvalue weighted by atomic mass is 35.5. The molecule has 1 heterocycles. The molecule has 0 aliphatic rings. The quantitative estimate of drug-likeness (QED) is 0.925. The Balaban J connectivity index is 2.10. The zero-order valence-electron chi connectivity index (χ0n) is 8.71. The molecule has 0 saturated carbocycles. The highest BCUT2D eigenvalue weighted by Gasteiger charge is 2.03. The zero-order valence-corrected chi connectivity index (χ0v) is 11.0. The van der Waals surface area contributed by atoms with Gasteiger partial charge in [0.25, 0.3) is 5.56 Å². The summed E-state index contributed by atoms with van der Waals surface area (Å²) in [5.74, 6) is 0. The van der Waals surface area contributed by atoms with Crippen LogP contribution < -0.4 is 5.56 Å². The van der Waals surface area contributed by atoms with Crippen molar-refractivity contribution in [2.45, 2.75) is 13.0 Å². The molecule has 1 aromatic heterocycles. The molecule has 0 aliphatic carbocycles. The standard InChI is InChI=1S/C11H9Cl3N2O/c12-8-2-1-7(5-9(8)13)3-4-16-11(17)6-10(14)15-16/h1-2,5-6,15H,3-4H2. The summed E-state index contributed by atoms with van der Waals surface area (Å²) in [5, 5.41) is 4.13. The van der Waals surface area contributed by atoms with Crippen LogP contribution in [0.25, 0.3) is 0 Å². The molecule has 1 aromatic carbocycles. The van der Waals surface area contributed by atoms with Gasteiger partial charge >= 0.3 is 0 Å². The zero-order chi connectivity index (χ0) is 12.4. The van der Waals surface area contributed by atoms with E-state index in [2.05, 4.69) is 5.10 Å². The summed E-state index contributed by atoms with van der Waals surface area (Å²) in [5.41, 5.74) is 0.868. The number of nitrogens with one attached hydrogen (secondary N) is 1. The Morgan fingerprint density at radius 1 is 1.12 bits per heavy atom. The second kappa shape index (κ2) is 5.17. The van der Waals surface area contributed by atoms with Crippen molar-refractivity contribution in [2.24, 2.45) is 0 Å². The number of halogens is 3. The van der Waals surface area contributed by atoms with Gasteiger partial charge in [0.1, 0.15) is 5.15 Å². The SMILES string of the molecule is O=c1cc(Cl)[nH]n1CCc1ccc(Cl)c(Cl)c1. The fraction of sp³-hybridized carbons (Fsp3) is 0.182. The van der Waals surface area contributed by atoms with E-state index in [9.17, 15) is 4.79 Å². The Morgan fingerprint density at radius 3 is 2.47 bits per heavy atom. The fourth-order valence-corrected chi connectivity index (χ4v) is 2.02. The summed E-state index contributed by atoms with van der Waals surface area (Å²) in [4.78, 5) is 11.4. The molecule has 0 fully saturated rings. The van der Waals surface area contributed by atoms with Crippen molar-refractivity contribution < 1.29 is 0 Å². The summed E-state index contributed by atoms with van der Waals surface area (Å²) in [6, 6.07) is 6.75. The van der Waals surface area contributed by atoms with Crippen LogP contribution >= 0.6 is 34.8 Å². The van der Waals surface area contributed by atoms with E-state index >= 15 is 0 Å². The van der Waals surface area contributed by atoms with Crippen LogP contribution in [0.1, 0.15) is 5.56 Å². The van der Waals surface area contributed by atoms with Gasteiger partial charge in [-0.25, -0.2) is 0 Å². The molecule has 0 saturated heterocycles. The van der Waals surface area contributed by atoms with E-state index in [4.69, 9.17) is 34.8 Å². The Kier molecular flexibility index (Phi) is 3.82. The molecule has 3 nitrogen and oxygen atoms in total. The molecular formula is C11H9Cl3N2O. The third-order valence-electron chi connectivity index (χ3n) is 2.37. The van der Waals surface area contributed by atoms with Crippen LogP contribution in [0.2, 0.25) is 15.2 Å². The number of hydrogen-bond donors (Lipinski definition) is 1. The first-order valence-electron chi connectivity index (χ1n) is 4.95. The lowest BCUT2D eigenvalue weighted by atomic mass is 10.1. The van der Waals surface area contributed by atoms with Gasteiger partial charge in [-0.3, -0.25) is 14.6 Å². The Hall–Kier alpha value is -0.900. The van der Waals surface area contributed by atoms with Crippen molar-refractivity contribution >= 4 is 34.8 Å². The number of aromatic amines is 1. The molecule has 90 valence electrons. The maximum atomic E-state index is 11.4. The second-order valence-corrected chi connectivity index (χ2v) is 4.81. The van der Waals surface area contributed by atoms with Crippen LogP contribution in [-0.4, -0.2) is 9.78 Å². The lowest BCUT2D eigenvalue weighted by Crippen LogP contribution is -2.17. The van der Waals surface area contributed by atoms with E-state index in [0.717, 1.165) is 5.56 Å². The molecular weight excluding hydrogens is 282 g/mol. The van der Waals surface area contributed by atoms with Crippen LogP contribution in [0.15, 0.2) is 29.1 Å². The highest BCUT2D eigenvalue weighted by molar-refractivity contribution is 6.42. The van der Waals surface area contributed by atoms with Crippen molar-refractivity contribution in [3.05, 3.63) is 55.4 Å². The number of benzene rings is 1. The predicted molar refractivity (Wildman–Crippen MR) is 70.2 cm³/mol. The minimum atomic E-state index is -0.143. The topological polar surface area (TPSA) is 37.8 Å². The van der Waals surface area contributed by atoms with Crippen molar-refractivity contribution in [2.75, 3.05) is 0 Å². The van der Waals surface area contributed by atoms with Crippen LogP contribution in [0.5, 0.6) is 0 Å². The first-order valence-corrected chi connectivity index (χ1v) is 6.09. The number of nitrogens with zero attached hydrogens (tertiary/aromatic N) is 1. The van der Waals surface area contributed by atoms with Gasteiger partial charge in [0.05, 0.1) is 10.0 Å². The summed E-state index contributed by atoms with van der Waals surface area (Å²) >= 11 is 17.4. The van der Waals surface area contributed by atoms with Gasteiger partial charge in [0.15, 0.2) is 0 Å². The molecule has 6 heteroatoms. The van der Waals surface area contributed by atoms with Gasteiger partial charge in [0.2, 0.25) is 0 Å². The maximum Gasteiger partial charge on any atom is 0.268 e. The Labute approximate surface area is 113 Å². The Bertz CT molecular complexity index is 589. The molecule has 0 bridgehead atoms. The number of aryl methyl sites for hydroxylation is 2. The van der Waals surface area contributed by atoms with Gasteiger partial charge in [-0.2, -0.15) is 0 Å². The van der Waals surface area contributed by atoms with E-state index in [-0.39, 0.29) is 5.56 Å². The Morgan fingerprint density at radius 2 is 1.88 bits per heavy atom. The number of aromatic nitrogens is 2. The molecule has 0 atom stereocenters. The van der Waals surface area contributed by atoms with Crippen LogP contribution in [0.3, 0.4) is 0 Å². The minimum absolute atomic E-state index is 0.143. The van der Waals surface area contributed by atoms with Gasteiger partial charge in [-0.05, 0) is 24.1 Å². The average Bonchev–Trinajstić information content (AvgIpc) is 2.59. The van der Waals surface area contributed by atoms with E-state index in [1.165, 1.54) is 10.7 Å². The molecule has 1 N–H and O–H groups in total. The predicted octanol–water partition coefficient (Wildman–Crippen LogP) is 3.38. The van der Waals surface area contributed by atoms with Gasteiger partial charge in [0, 0.05) is 12.6 Å². The molecule has 2 rings (SSSR count). The van der Waals surface area contributed by atoms with Gasteiger partial charge in [-0.1, -0.05) is 40.9 Å². The smallest absolute Gasteiger partial charge is 0.268 e. The second-order valence-electron chi connectivity index (χ2n) is 3.59. The molecule has 2 aromatic rings. The minimum Gasteiger partial charge on any atom is -0.285 e. The van der Waals surface area contributed by atoms with Crippen molar-refractivity contribution in [1.29, 1.82) is 0 Å². The highest BCUT2D eigenvalue weighted by Crippen LogP contribution is 2.22. The lowest BCUT2D eigenvalue weighted by Gasteiger charge is -2.04. The van der Waals surface area contributed by atoms with Crippen LogP contribution in [-0.2, 0) is 13.0 Å². The third kappa shape index (κ3) is 3.06. The molecule has 17 heavy (non-hydrogen) atoms. The third-order valence-corrected chi connectivity index (χ3v) is 3.30. The number of hydrogen-bond acceptors (Lipinski definition) is 1. The summed E-state index contributed by atoms with van der Waals surface area (Å²) in [6.45, 7) is 0.517. The van der Waals surface area contributed by atoms with Gasteiger partial charge < -0.3 is 0 Å². The molecule has 0 amide bonds. The maximum absolute atomic E-state index is 11.4. The van der Waals surface area contributed by atoms with E-state index in [1.54, 1.807) is 12.1 Å². The molecule has 0 radical (unpaired) electrons. The fourth-order valence-electron chi connectivity index (χ4n) is 1.50. The number of rotatable bonds is 3. The molecule has 0 unspecified atom stereocenters. The van der Waals surface area contributed by atoms with E-state index < -0.39 is 0 Å². The molecule has 0 spiro atoms. The summed E-state index contributed by atoms with van der Waals surface area (Å²) < 4.78 is 1.45. The van der Waals surface area contributed by atoms with Crippen LogP contribution in [0, 0.1) is 0 Å². The average molecular weight is 292 g/mol. The van der Waals surface area contributed by atoms with E-state index in [0.29, 0.717) is 28.2 Å². The lowest BCUT2D eigenvalue weighted by molar-refractivity contribution is 0.597.